The molecule has 1 aliphatic heterocycles. The lowest BCUT2D eigenvalue weighted by Crippen LogP contribution is -2.26. The third kappa shape index (κ3) is 3.30. The van der Waals surface area contributed by atoms with Crippen LogP contribution in [-0.2, 0) is 16.1 Å². The van der Waals surface area contributed by atoms with Gasteiger partial charge in [0.15, 0.2) is 0 Å². The molecule has 0 aromatic carbocycles. The molecule has 0 atom stereocenters. The van der Waals surface area contributed by atoms with Crippen LogP contribution in [0.25, 0.3) is 0 Å². The van der Waals surface area contributed by atoms with Crippen molar-refractivity contribution >= 4 is 5.97 Å². The Hall–Kier alpha value is -1.36. The summed E-state index contributed by atoms with van der Waals surface area (Å²) < 4.78 is 6.55. The first-order chi connectivity index (χ1) is 8.29. The van der Waals surface area contributed by atoms with E-state index in [2.05, 4.69) is 10.4 Å². The molecule has 0 unspecified atom stereocenters. The molecule has 94 valence electrons. The highest BCUT2D eigenvalue weighted by Crippen LogP contribution is 2.24. The highest BCUT2D eigenvalue weighted by molar-refractivity contribution is 5.68. The van der Waals surface area contributed by atoms with Crippen LogP contribution in [0.15, 0.2) is 12.4 Å². The van der Waals surface area contributed by atoms with E-state index in [1.54, 1.807) is 11.6 Å². The van der Waals surface area contributed by atoms with E-state index in [1.807, 2.05) is 12.4 Å². The number of hydrogen-bond acceptors (Lipinski definition) is 4. The Bertz CT molecular complexity index is 370. The maximum atomic E-state index is 11.3. The molecule has 1 saturated heterocycles. The fraction of sp³-hybridized carbons (Fsp3) is 0.667. The molecule has 1 aliphatic rings. The van der Waals surface area contributed by atoms with Crippen LogP contribution in [0.4, 0.5) is 0 Å². The number of carbonyl (C=O) groups is 1. The summed E-state index contributed by atoms with van der Waals surface area (Å²) in [5, 5.41) is 7.55. The topological polar surface area (TPSA) is 56.1 Å². The highest BCUT2D eigenvalue weighted by Gasteiger charge is 2.17. The SMILES string of the molecule is CCOC(=O)Cn1cc(C2CCNCC2)cn1. The van der Waals surface area contributed by atoms with E-state index in [9.17, 15) is 4.79 Å². The normalized spacial score (nSPS) is 17.0. The second-order valence-electron chi connectivity index (χ2n) is 4.30. The Morgan fingerprint density at radius 1 is 1.59 bits per heavy atom. The number of ether oxygens (including phenoxy) is 1. The van der Waals surface area contributed by atoms with Gasteiger partial charge in [0, 0.05) is 6.20 Å². The number of nitrogens with one attached hydrogen (secondary N) is 1. The van der Waals surface area contributed by atoms with Gasteiger partial charge in [0.05, 0.1) is 12.8 Å². The van der Waals surface area contributed by atoms with Crippen molar-refractivity contribution < 1.29 is 9.53 Å². The minimum absolute atomic E-state index is 0.207. The predicted molar refractivity (Wildman–Crippen MR) is 63.7 cm³/mol. The van der Waals surface area contributed by atoms with Crippen molar-refractivity contribution in [1.29, 1.82) is 0 Å². The van der Waals surface area contributed by atoms with E-state index in [1.165, 1.54) is 5.56 Å². The summed E-state index contributed by atoms with van der Waals surface area (Å²) in [6, 6.07) is 0. The number of rotatable bonds is 4. The van der Waals surface area contributed by atoms with Gasteiger partial charge in [-0.3, -0.25) is 9.48 Å². The summed E-state index contributed by atoms with van der Waals surface area (Å²) in [6.07, 6.45) is 6.12. The summed E-state index contributed by atoms with van der Waals surface area (Å²) in [4.78, 5) is 11.3. The lowest BCUT2D eigenvalue weighted by Gasteiger charge is -2.21. The molecule has 1 fully saturated rings. The Kier molecular flexibility index (Phi) is 4.14. The first kappa shape index (κ1) is 12.1. The monoisotopic (exact) mass is 237 g/mol. The van der Waals surface area contributed by atoms with Crippen molar-refractivity contribution in [3.8, 4) is 0 Å². The fourth-order valence-electron chi connectivity index (χ4n) is 2.17. The molecule has 1 N–H and O–H groups in total. The van der Waals surface area contributed by atoms with E-state index >= 15 is 0 Å². The Morgan fingerprint density at radius 3 is 3.06 bits per heavy atom. The Labute approximate surface area is 101 Å². The number of carbonyl (C=O) groups excluding carboxylic acids is 1. The first-order valence-electron chi connectivity index (χ1n) is 6.18. The lowest BCUT2D eigenvalue weighted by atomic mass is 9.93. The van der Waals surface area contributed by atoms with Crippen LogP contribution < -0.4 is 5.32 Å². The van der Waals surface area contributed by atoms with E-state index in [4.69, 9.17) is 4.74 Å². The number of aromatic nitrogens is 2. The van der Waals surface area contributed by atoms with Crippen LogP contribution in [-0.4, -0.2) is 35.4 Å². The van der Waals surface area contributed by atoms with Gasteiger partial charge in [-0.05, 0) is 44.3 Å². The standard InChI is InChI=1S/C12H19N3O2/c1-2-17-12(16)9-15-8-11(7-14-15)10-3-5-13-6-4-10/h7-8,10,13H,2-6,9H2,1H3. The maximum Gasteiger partial charge on any atom is 0.327 e. The summed E-state index contributed by atoms with van der Waals surface area (Å²) >= 11 is 0. The molecule has 17 heavy (non-hydrogen) atoms. The maximum absolute atomic E-state index is 11.3. The summed E-state index contributed by atoms with van der Waals surface area (Å²) in [6.45, 7) is 4.56. The van der Waals surface area contributed by atoms with Crippen LogP contribution >= 0.6 is 0 Å². The molecule has 0 radical (unpaired) electrons. The number of esters is 1. The lowest BCUT2D eigenvalue weighted by molar-refractivity contribution is -0.144. The summed E-state index contributed by atoms with van der Waals surface area (Å²) in [5.41, 5.74) is 1.23. The van der Waals surface area contributed by atoms with Gasteiger partial charge < -0.3 is 10.1 Å². The van der Waals surface area contributed by atoms with Crippen LogP contribution in [0, 0.1) is 0 Å². The number of piperidine rings is 1. The molecule has 1 aromatic heterocycles. The van der Waals surface area contributed by atoms with Crippen molar-refractivity contribution in [2.45, 2.75) is 32.2 Å². The van der Waals surface area contributed by atoms with Gasteiger partial charge >= 0.3 is 5.97 Å². The molecule has 0 amide bonds. The third-order valence-electron chi connectivity index (χ3n) is 3.06. The minimum atomic E-state index is -0.229. The van der Waals surface area contributed by atoms with Crippen molar-refractivity contribution in [3.05, 3.63) is 18.0 Å². The molecule has 0 spiro atoms. The average molecular weight is 237 g/mol. The van der Waals surface area contributed by atoms with Gasteiger partial charge in [-0.1, -0.05) is 0 Å². The predicted octanol–water partition coefficient (Wildman–Crippen LogP) is 0.913. The molecular formula is C12H19N3O2. The second kappa shape index (κ2) is 5.82. The molecule has 5 heteroatoms. The first-order valence-corrected chi connectivity index (χ1v) is 6.18. The van der Waals surface area contributed by atoms with Crippen LogP contribution in [0.1, 0.15) is 31.2 Å². The fourth-order valence-corrected chi connectivity index (χ4v) is 2.17. The second-order valence-corrected chi connectivity index (χ2v) is 4.30. The van der Waals surface area contributed by atoms with Gasteiger partial charge in [0.25, 0.3) is 0 Å². The van der Waals surface area contributed by atoms with E-state index < -0.39 is 0 Å². The van der Waals surface area contributed by atoms with Gasteiger partial charge in [-0.2, -0.15) is 5.10 Å². The smallest absolute Gasteiger partial charge is 0.327 e. The van der Waals surface area contributed by atoms with Crippen LogP contribution in [0.2, 0.25) is 0 Å². The third-order valence-corrected chi connectivity index (χ3v) is 3.06. The average Bonchev–Trinajstić information content (AvgIpc) is 2.79. The zero-order valence-corrected chi connectivity index (χ0v) is 10.2. The van der Waals surface area contributed by atoms with Crippen molar-refractivity contribution in [1.82, 2.24) is 15.1 Å². The Morgan fingerprint density at radius 2 is 2.35 bits per heavy atom. The van der Waals surface area contributed by atoms with Crippen LogP contribution in [0.5, 0.6) is 0 Å². The Balaban J connectivity index is 1.93. The molecule has 1 aromatic rings. The van der Waals surface area contributed by atoms with Crippen LogP contribution in [0.3, 0.4) is 0 Å². The van der Waals surface area contributed by atoms with E-state index in [-0.39, 0.29) is 12.5 Å². The zero-order chi connectivity index (χ0) is 12.1. The molecule has 5 nitrogen and oxygen atoms in total. The van der Waals surface area contributed by atoms with Crippen molar-refractivity contribution in [3.63, 3.8) is 0 Å². The largest absolute Gasteiger partial charge is 0.465 e. The van der Waals surface area contributed by atoms with Gasteiger partial charge in [-0.25, -0.2) is 0 Å². The molecular weight excluding hydrogens is 218 g/mol. The number of nitrogens with zero attached hydrogens (tertiary/aromatic N) is 2. The van der Waals surface area contributed by atoms with Crippen molar-refractivity contribution in [2.24, 2.45) is 0 Å². The summed E-state index contributed by atoms with van der Waals surface area (Å²) in [7, 11) is 0. The molecule has 0 saturated carbocycles. The van der Waals surface area contributed by atoms with Gasteiger partial charge in [0.2, 0.25) is 0 Å². The molecule has 2 heterocycles. The molecule has 0 aliphatic carbocycles. The highest BCUT2D eigenvalue weighted by atomic mass is 16.5. The zero-order valence-electron chi connectivity index (χ0n) is 10.2. The van der Waals surface area contributed by atoms with E-state index in [0.717, 1.165) is 25.9 Å². The minimum Gasteiger partial charge on any atom is -0.465 e. The molecule has 2 rings (SSSR count). The number of hydrogen-bond donors (Lipinski definition) is 1. The van der Waals surface area contributed by atoms with Gasteiger partial charge in [0.1, 0.15) is 6.54 Å². The van der Waals surface area contributed by atoms with Gasteiger partial charge in [-0.15, -0.1) is 0 Å². The quantitative estimate of drug-likeness (QED) is 0.791. The molecule has 0 bridgehead atoms. The van der Waals surface area contributed by atoms with Crippen molar-refractivity contribution in [2.75, 3.05) is 19.7 Å². The van der Waals surface area contributed by atoms with E-state index in [0.29, 0.717) is 12.5 Å². The summed E-state index contributed by atoms with van der Waals surface area (Å²) in [5.74, 6) is 0.347.